The number of pyridine rings is 1. The van der Waals surface area contributed by atoms with Gasteiger partial charge in [0.05, 0.1) is 35.2 Å². The lowest BCUT2D eigenvalue weighted by molar-refractivity contribution is 0.440. The van der Waals surface area contributed by atoms with Gasteiger partial charge in [-0.2, -0.15) is 0 Å². The average molecular weight is 609 g/mol. The van der Waals surface area contributed by atoms with Gasteiger partial charge in [0.15, 0.2) is 0 Å². The first kappa shape index (κ1) is 26.4. The average Bonchev–Trinajstić information content (AvgIpc) is 3.86. The first-order valence-corrected chi connectivity index (χ1v) is 16.3. The lowest BCUT2D eigenvalue weighted by Crippen LogP contribution is -2.41. The highest BCUT2D eigenvalue weighted by Gasteiger charge is 2.61. The fraction of sp³-hybridized carbons (Fsp3) is 0.119. The second kappa shape index (κ2) is 9.84. The van der Waals surface area contributed by atoms with Crippen LogP contribution in [0, 0.1) is 5.92 Å². The number of fused-ring (bicyclic) bond motifs is 10. The molecule has 1 aliphatic heterocycles. The van der Waals surface area contributed by atoms with Gasteiger partial charge < -0.3 is 14.5 Å². The first-order chi connectivity index (χ1) is 23.2. The number of allylic oxidation sites excluding steroid dienone is 5. The van der Waals surface area contributed by atoms with Crippen molar-refractivity contribution >= 4 is 16.9 Å². The molecular weight excluding hydrogens is 576 g/mol. The van der Waals surface area contributed by atoms with Gasteiger partial charge in [-0.1, -0.05) is 97.1 Å². The van der Waals surface area contributed by atoms with E-state index in [9.17, 15) is 0 Å². The topological polar surface area (TPSA) is 33.0 Å². The number of imidazole rings is 1. The third-order valence-electron chi connectivity index (χ3n) is 10.5. The Kier molecular flexibility index (Phi) is 5.53. The highest BCUT2D eigenvalue weighted by Crippen LogP contribution is 2.66. The number of anilines is 1. The molecule has 0 N–H and O–H groups in total. The summed E-state index contributed by atoms with van der Waals surface area (Å²) in [7, 11) is 2.23. The van der Waals surface area contributed by atoms with Crippen LogP contribution >= 0.6 is 0 Å². The number of aromatic nitrogens is 2. The number of rotatable bonds is 4. The Morgan fingerprint density at radius 1 is 0.766 bits per heavy atom. The molecule has 6 aromatic rings. The molecule has 10 rings (SSSR count). The zero-order valence-electron chi connectivity index (χ0n) is 26.0. The van der Waals surface area contributed by atoms with Crippen LogP contribution in [0.25, 0.3) is 22.6 Å². The van der Waals surface area contributed by atoms with E-state index in [0.717, 1.165) is 40.8 Å². The van der Waals surface area contributed by atoms with Crippen LogP contribution in [0.2, 0.25) is 0 Å². The van der Waals surface area contributed by atoms with E-state index in [1.807, 2.05) is 42.7 Å². The molecule has 0 saturated carbocycles. The maximum Gasteiger partial charge on any atom is 0.144 e. The van der Waals surface area contributed by atoms with Crippen LogP contribution in [-0.2, 0) is 5.41 Å². The lowest BCUT2D eigenvalue weighted by atomic mass is 9.66. The molecular formula is C42H32N4O. The minimum Gasteiger partial charge on any atom is -0.457 e. The zero-order valence-corrected chi connectivity index (χ0v) is 26.0. The van der Waals surface area contributed by atoms with Crippen molar-refractivity contribution in [2.45, 2.75) is 11.3 Å². The molecule has 3 atom stereocenters. The van der Waals surface area contributed by atoms with E-state index in [0.29, 0.717) is 5.92 Å². The Bertz CT molecular complexity index is 2330. The van der Waals surface area contributed by atoms with Crippen LogP contribution in [0.4, 0.5) is 5.69 Å². The van der Waals surface area contributed by atoms with Gasteiger partial charge >= 0.3 is 0 Å². The van der Waals surface area contributed by atoms with Crippen molar-refractivity contribution in [3.05, 3.63) is 180 Å². The summed E-state index contributed by atoms with van der Waals surface area (Å²) in [6.07, 6.45) is 13.3. The van der Waals surface area contributed by atoms with E-state index in [1.54, 1.807) is 0 Å². The van der Waals surface area contributed by atoms with Crippen molar-refractivity contribution in [3.63, 3.8) is 0 Å². The van der Waals surface area contributed by atoms with Gasteiger partial charge in [0.25, 0.3) is 0 Å². The third-order valence-corrected chi connectivity index (χ3v) is 10.5. The molecule has 0 saturated heterocycles. The third kappa shape index (κ3) is 3.62. The Balaban J connectivity index is 1.07. The molecule has 0 amide bonds. The van der Waals surface area contributed by atoms with E-state index in [4.69, 9.17) is 9.72 Å². The Morgan fingerprint density at radius 2 is 1.55 bits per heavy atom. The first-order valence-electron chi connectivity index (χ1n) is 16.3. The molecule has 4 aliphatic rings. The van der Waals surface area contributed by atoms with Gasteiger partial charge in [-0.15, -0.1) is 0 Å². The molecule has 47 heavy (non-hydrogen) atoms. The van der Waals surface area contributed by atoms with E-state index >= 15 is 0 Å². The molecule has 1 spiro atoms. The molecule has 3 aliphatic carbocycles. The molecule has 0 fully saturated rings. The van der Waals surface area contributed by atoms with Crippen LogP contribution in [0.3, 0.4) is 0 Å². The second-order valence-electron chi connectivity index (χ2n) is 12.9. The molecule has 3 heterocycles. The van der Waals surface area contributed by atoms with E-state index in [2.05, 4.69) is 130 Å². The van der Waals surface area contributed by atoms with Crippen LogP contribution in [0.5, 0.6) is 11.5 Å². The Labute approximate surface area is 274 Å². The minimum absolute atomic E-state index is 0.286. The van der Waals surface area contributed by atoms with Crippen molar-refractivity contribution in [1.82, 2.24) is 14.3 Å². The van der Waals surface area contributed by atoms with Crippen LogP contribution in [0.15, 0.2) is 158 Å². The lowest BCUT2D eigenvalue weighted by Gasteiger charge is -2.41. The Morgan fingerprint density at radius 3 is 2.49 bits per heavy atom. The van der Waals surface area contributed by atoms with E-state index in [1.165, 1.54) is 33.6 Å². The molecule has 3 unspecified atom stereocenters. The molecule has 0 radical (unpaired) electrons. The number of hydrogen-bond acceptors (Lipinski definition) is 4. The summed E-state index contributed by atoms with van der Waals surface area (Å²) in [5, 5.41) is 0. The predicted octanol–water partition coefficient (Wildman–Crippen LogP) is 9.01. The minimum atomic E-state index is -0.294. The molecule has 0 bridgehead atoms. The van der Waals surface area contributed by atoms with Gasteiger partial charge in [0.2, 0.25) is 0 Å². The second-order valence-corrected chi connectivity index (χ2v) is 12.9. The number of ether oxygens (including phenoxy) is 1. The van der Waals surface area contributed by atoms with Crippen molar-refractivity contribution in [2.24, 2.45) is 5.92 Å². The number of hydrogen-bond donors (Lipinski definition) is 0. The smallest absolute Gasteiger partial charge is 0.144 e. The summed E-state index contributed by atoms with van der Waals surface area (Å²) in [5.41, 5.74) is 11.2. The number of benzene rings is 4. The highest BCUT2D eigenvalue weighted by molar-refractivity contribution is 5.89. The van der Waals surface area contributed by atoms with Gasteiger partial charge in [-0.25, -0.2) is 4.98 Å². The fourth-order valence-corrected chi connectivity index (χ4v) is 8.73. The van der Waals surface area contributed by atoms with E-state index in [-0.39, 0.29) is 11.3 Å². The van der Waals surface area contributed by atoms with Gasteiger partial charge in [-0.05, 0) is 53.1 Å². The molecule has 5 heteroatoms. The van der Waals surface area contributed by atoms with Crippen molar-refractivity contribution in [1.29, 1.82) is 0 Å². The highest BCUT2D eigenvalue weighted by atomic mass is 16.5. The van der Waals surface area contributed by atoms with Crippen LogP contribution in [-0.4, -0.2) is 28.0 Å². The van der Waals surface area contributed by atoms with Crippen molar-refractivity contribution < 1.29 is 4.74 Å². The summed E-state index contributed by atoms with van der Waals surface area (Å²) in [6.45, 7) is 0.770. The summed E-state index contributed by atoms with van der Waals surface area (Å²) in [6, 6.07) is 41.1. The maximum atomic E-state index is 6.57. The molecule has 2 aromatic heterocycles. The summed E-state index contributed by atoms with van der Waals surface area (Å²) in [5.74, 6) is 3.10. The molecule has 226 valence electrons. The monoisotopic (exact) mass is 608 g/mol. The van der Waals surface area contributed by atoms with Gasteiger partial charge in [-0.3, -0.25) is 4.40 Å². The van der Waals surface area contributed by atoms with Crippen molar-refractivity contribution in [2.75, 3.05) is 18.6 Å². The quantitative estimate of drug-likeness (QED) is 0.200. The Hall–Kier alpha value is -5.81. The summed E-state index contributed by atoms with van der Waals surface area (Å²) in [4.78, 5) is 9.65. The number of nitrogens with zero attached hydrogens (tertiary/aromatic N) is 4. The largest absolute Gasteiger partial charge is 0.457 e. The van der Waals surface area contributed by atoms with E-state index < -0.39 is 0 Å². The molecule has 5 nitrogen and oxygen atoms in total. The summed E-state index contributed by atoms with van der Waals surface area (Å²) >= 11 is 0. The fourth-order valence-electron chi connectivity index (χ4n) is 8.73. The zero-order chi connectivity index (χ0) is 31.1. The summed E-state index contributed by atoms with van der Waals surface area (Å²) < 4.78 is 8.68. The van der Waals surface area contributed by atoms with Crippen molar-refractivity contribution in [3.8, 4) is 22.9 Å². The predicted molar refractivity (Wildman–Crippen MR) is 187 cm³/mol. The standard InChI is InChI=1S/C42H32N4O/c1-44-27-46(29-14-11-16-32(25-29)47-31-15-10-12-28(24-31)41-43-26-30-13-8-9-23-45(30)41)40-39(44)35-19-4-7-22-38(35)42(40)36-20-5-2-17-33(36)34-18-3-6-21-37(34)42/h2-26,33,36H,27H2,1H3. The molecule has 4 aromatic carbocycles. The van der Waals surface area contributed by atoms with Gasteiger partial charge in [0, 0.05) is 48.0 Å². The normalized spacial score (nSPS) is 21.8. The van der Waals surface area contributed by atoms with Gasteiger partial charge in [0.1, 0.15) is 17.3 Å². The maximum absolute atomic E-state index is 6.57. The van der Waals surface area contributed by atoms with Crippen LogP contribution < -0.4 is 9.64 Å². The van der Waals surface area contributed by atoms with Crippen LogP contribution in [0.1, 0.15) is 28.2 Å². The SMILES string of the molecule is CN1CN(c2cccc(Oc3cccc(-c4ncc5ccccn45)c3)c2)C2=C1c1ccccc1C21c2ccccc2C2C=CC=CC21.